The Bertz CT molecular complexity index is 142. The normalized spacial score (nSPS) is 18.4. The van der Waals surface area contributed by atoms with E-state index in [1.165, 1.54) is 0 Å². The summed E-state index contributed by atoms with van der Waals surface area (Å²) in [5, 5.41) is 0. The number of aliphatic imine (C=N–C) groups is 1. The Morgan fingerprint density at radius 2 is 1.91 bits per heavy atom. The topological polar surface area (TPSA) is 12.4 Å². The quantitative estimate of drug-likeness (QED) is 0.436. The highest BCUT2D eigenvalue weighted by atomic mass is 14.7. The largest absolute Gasteiger partial charge is 0.300 e. The fourth-order valence-corrected chi connectivity index (χ4v) is 1.02. The third kappa shape index (κ3) is 2.87. The van der Waals surface area contributed by atoms with Crippen LogP contribution in [0.4, 0.5) is 0 Å². The molecule has 0 rings (SSSR count). The van der Waals surface area contributed by atoms with Gasteiger partial charge in [-0.1, -0.05) is 32.9 Å². The molecular formula is C10H19N. The molecule has 0 aliphatic carbocycles. The summed E-state index contributed by atoms with van der Waals surface area (Å²) in [5.74, 6) is 0.599. The van der Waals surface area contributed by atoms with Crippen molar-refractivity contribution in [2.45, 2.75) is 27.7 Å². The zero-order valence-corrected chi connectivity index (χ0v) is 8.26. The predicted octanol–water partition coefficient (Wildman–Crippen LogP) is 2.93. The van der Waals surface area contributed by atoms with Crippen LogP contribution in [0.5, 0.6) is 0 Å². The summed E-state index contributed by atoms with van der Waals surface area (Å²) in [6.07, 6.45) is 6.30. The minimum Gasteiger partial charge on any atom is -0.300 e. The van der Waals surface area contributed by atoms with Gasteiger partial charge in [0, 0.05) is 18.7 Å². The van der Waals surface area contributed by atoms with Gasteiger partial charge < -0.3 is 0 Å². The fraction of sp³-hybridized carbons (Fsp3) is 0.700. The molecule has 0 aliphatic heterocycles. The predicted molar refractivity (Wildman–Crippen MR) is 52.2 cm³/mol. The summed E-state index contributed by atoms with van der Waals surface area (Å²) in [4.78, 5) is 4.07. The van der Waals surface area contributed by atoms with Crippen LogP contribution in [0.25, 0.3) is 0 Å². The smallest absolute Gasteiger partial charge is 0.0273 e. The lowest BCUT2D eigenvalue weighted by atomic mass is 9.80. The summed E-state index contributed by atoms with van der Waals surface area (Å²) in [7, 11) is 1.82. The van der Waals surface area contributed by atoms with Gasteiger partial charge in [0.05, 0.1) is 0 Å². The van der Waals surface area contributed by atoms with Gasteiger partial charge >= 0.3 is 0 Å². The first kappa shape index (κ1) is 10.4. The van der Waals surface area contributed by atoms with Gasteiger partial charge in [-0.2, -0.15) is 0 Å². The molecule has 11 heavy (non-hydrogen) atoms. The Balaban J connectivity index is 4.51. The summed E-state index contributed by atoms with van der Waals surface area (Å²) in [6, 6.07) is 0. The number of hydrogen-bond donors (Lipinski definition) is 0. The van der Waals surface area contributed by atoms with Crippen LogP contribution in [-0.2, 0) is 0 Å². The summed E-state index contributed by atoms with van der Waals surface area (Å²) < 4.78 is 0. The lowest BCUT2D eigenvalue weighted by Gasteiger charge is -2.25. The Morgan fingerprint density at radius 1 is 1.36 bits per heavy atom. The van der Waals surface area contributed by atoms with Crippen molar-refractivity contribution in [1.82, 2.24) is 0 Å². The lowest BCUT2D eigenvalue weighted by Crippen LogP contribution is -2.22. The fourth-order valence-electron chi connectivity index (χ4n) is 1.02. The van der Waals surface area contributed by atoms with E-state index in [0.29, 0.717) is 5.92 Å². The van der Waals surface area contributed by atoms with Crippen LogP contribution in [0.1, 0.15) is 27.7 Å². The molecule has 0 N–H and O–H groups in total. The van der Waals surface area contributed by atoms with Gasteiger partial charge in [-0.25, -0.2) is 0 Å². The van der Waals surface area contributed by atoms with Crippen molar-refractivity contribution in [3.63, 3.8) is 0 Å². The molecular weight excluding hydrogens is 134 g/mol. The first-order valence-electron chi connectivity index (χ1n) is 4.14. The maximum atomic E-state index is 4.07. The second-order valence-corrected chi connectivity index (χ2v) is 3.41. The molecule has 1 unspecified atom stereocenters. The van der Waals surface area contributed by atoms with E-state index in [2.05, 4.69) is 37.9 Å². The van der Waals surface area contributed by atoms with Crippen molar-refractivity contribution in [3.05, 3.63) is 12.2 Å². The Labute approximate surface area is 70.2 Å². The van der Waals surface area contributed by atoms with Crippen molar-refractivity contribution >= 4 is 6.21 Å². The van der Waals surface area contributed by atoms with E-state index >= 15 is 0 Å². The molecule has 0 fully saturated rings. The highest BCUT2D eigenvalue weighted by molar-refractivity contribution is 5.68. The Hall–Kier alpha value is -0.590. The van der Waals surface area contributed by atoms with Crippen molar-refractivity contribution in [2.24, 2.45) is 16.3 Å². The first-order valence-corrected chi connectivity index (χ1v) is 4.14. The monoisotopic (exact) mass is 153 g/mol. The molecule has 0 spiro atoms. The number of rotatable bonds is 3. The van der Waals surface area contributed by atoms with Crippen LogP contribution in [0, 0.1) is 11.3 Å². The maximum absolute atomic E-state index is 4.07. The molecule has 0 aromatic heterocycles. The van der Waals surface area contributed by atoms with Crippen molar-refractivity contribution in [3.8, 4) is 0 Å². The number of hydrogen-bond acceptors (Lipinski definition) is 1. The molecule has 1 atom stereocenters. The van der Waals surface area contributed by atoms with E-state index in [0.717, 1.165) is 0 Å². The van der Waals surface area contributed by atoms with E-state index in [4.69, 9.17) is 0 Å². The zero-order chi connectivity index (χ0) is 8.91. The minimum atomic E-state index is 0.128. The third-order valence-electron chi connectivity index (χ3n) is 2.18. The standard InChI is InChI=1S/C10H19N/c1-6-7-10(4,8-11-5)9(2)3/h6-9H,1-5H3/b7-6-,11-8?. The van der Waals surface area contributed by atoms with Gasteiger partial charge in [0.2, 0.25) is 0 Å². The Morgan fingerprint density at radius 3 is 2.18 bits per heavy atom. The van der Waals surface area contributed by atoms with Crippen LogP contribution in [-0.4, -0.2) is 13.3 Å². The van der Waals surface area contributed by atoms with Crippen molar-refractivity contribution in [2.75, 3.05) is 7.05 Å². The van der Waals surface area contributed by atoms with Gasteiger partial charge in [0.25, 0.3) is 0 Å². The highest BCUT2D eigenvalue weighted by Gasteiger charge is 2.21. The molecule has 0 aliphatic rings. The van der Waals surface area contributed by atoms with Crippen molar-refractivity contribution < 1.29 is 0 Å². The van der Waals surface area contributed by atoms with Crippen LogP contribution in [0.15, 0.2) is 17.1 Å². The average molecular weight is 153 g/mol. The molecule has 64 valence electrons. The van der Waals surface area contributed by atoms with Crippen molar-refractivity contribution in [1.29, 1.82) is 0 Å². The number of allylic oxidation sites excluding steroid dienone is 2. The molecule has 0 saturated carbocycles. The van der Waals surface area contributed by atoms with Crippen LogP contribution < -0.4 is 0 Å². The van der Waals surface area contributed by atoms with Gasteiger partial charge in [-0.05, 0) is 12.8 Å². The van der Waals surface area contributed by atoms with Crippen LogP contribution in [0.3, 0.4) is 0 Å². The summed E-state index contributed by atoms with van der Waals surface area (Å²) in [6.45, 7) is 8.66. The SMILES string of the molecule is C/C=C\C(C)(C=NC)C(C)C. The van der Waals surface area contributed by atoms with E-state index < -0.39 is 0 Å². The van der Waals surface area contributed by atoms with Crippen LogP contribution in [0.2, 0.25) is 0 Å². The zero-order valence-electron chi connectivity index (χ0n) is 8.26. The molecule has 1 nitrogen and oxygen atoms in total. The number of nitrogens with zero attached hydrogens (tertiary/aromatic N) is 1. The summed E-state index contributed by atoms with van der Waals surface area (Å²) >= 11 is 0. The minimum absolute atomic E-state index is 0.128. The molecule has 0 amide bonds. The van der Waals surface area contributed by atoms with E-state index in [9.17, 15) is 0 Å². The van der Waals surface area contributed by atoms with Crippen LogP contribution >= 0.6 is 0 Å². The maximum Gasteiger partial charge on any atom is 0.0273 e. The first-order chi connectivity index (χ1) is 5.06. The second-order valence-electron chi connectivity index (χ2n) is 3.41. The second kappa shape index (κ2) is 4.32. The van der Waals surface area contributed by atoms with Gasteiger partial charge in [-0.3, -0.25) is 4.99 Å². The molecule has 1 heteroatoms. The highest BCUT2D eigenvalue weighted by Crippen LogP contribution is 2.26. The van der Waals surface area contributed by atoms with E-state index in [1.807, 2.05) is 20.2 Å². The summed E-state index contributed by atoms with van der Waals surface area (Å²) in [5.41, 5.74) is 0.128. The molecule has 0 saturated heterocycles. The molecule has 0 aromatic carbocycles. The lowest BCUT2D eigenvalue weighted by molar-refractivity contribution is 0.423. The van der Waals surface area contributed by atoms with Gasteiger partial charge in [0.1, 0.15) is 0 Å². The molecule has 0 aromatic rings. The molecule has 0 bridgehead atoms. The molecule has 0 heterocycles. The average Bonchev–Trinajstić information content (AvgIpc) is 1.88. The van der Waals surface area contributed by atoms with E-state index in [1.54, 1.807) is 0 Å². The third-order valence-corrected chi connectivity index (χ3v) is 2.18. The van der Waals surface area contributed by atoms with Gasteiger partial charge in [-0.15, -0.1) is 0 Å². The van der Waals surface area contributed by atoms with E-state index in [-0.39, 0.29) is 5.41 Å². The Kier molecular flexibility index (Phi) is 4.09. The molecule has 0 radical (unpaired) electrons. The van der Waals surface area contributed by atoms with Gasteiger partial charge in [0.15, 0.2) is 0 Å².